The Morgan fingerprint density at radius 3 is 2.45 bits per heavy atom. The van der Waals surface area contributed by atoms with Crippen LogP contribution in [0.1, 0.15) is 15.9 Å². The molecule has 6 nitrogen and oxygen atoms in total. The van der Waals surface area contributed by atoms with Crippen molar-refractivity contribution in [2.45, 2.75) is 11.8 Å². The molecule has 3 aromatic rings. The van der Waals surface area contributed by atoms with Gasteiger partial charge in [-0.25, -0.2) is 0 Å². The number of piperazine rings is 1. The van der Waals surface area contributed by atoms with E-state index in [-0.39, 0.29) is 16.5 Å². The van der Waals surface area contributed by atoms with Gasteiger partial charge in [0.1, 0.15) is 5.02 Å². The largest absolute Gasteiger partial charge is 0.365 e. The van der Waals surface area contributed by atoms with Crippen LogP contribution in [0.15, 0.2) is 64.4 Å². The summed E-state index contributed by atoms with van der Waals surface area (Å²) in [5.41, 5.74) is 2.63. The molecule has 8 heteroatoms. The van der Waals surface area contributed by atoms with Gasteiger partial charge in [-0.3, -0.25) is 9.59 Å². The predicted molar refractivity (Wildman–Crippen MR) is 126 cm³/mol. The molecule has 1 amide bonds. The summed E-state index contributed by atoms with van der Waals surface area (Å²) in [5, 5.41) is 4.45. The maximum Gasteiger partial charge on any atom is 0.292 e. The Bertz CT molecular complexity index is 1160. The van der Waals surface area contributed by atoms with Crippen molar-refractivity contribution in [3.8, 4) is 5.69 Å². The van der Waals surface area contributed by atoms with E-state index in [2.05, 4.69) is 5.10 Å². The number of carbonyl (C=O) groups excluding carboxylic acids is 1. The summed E-state index contributed by atoms with van der Waals surface area (Å²) >= 11 is 8.06. The first-order valence-electron chi connectivity index (χ1n) is 10.0. The number of carbonyl (C=O) groups is 1. The van der Waals surface area contributed by atoms with Crippen molar-refractivity contribution in [1.29, 1.82) is 0 Å². The molecule has 0 spiro atoms. The molecule has 4 rings (SSSR count). The molecule has 1 aromatic heterocycles. The van der Waals surface area contributed by atoms with Crippen LogP contribution in [0, 0.1) is 6.92 Å². The molecule has 0 N–H and O–H groups in total. The number of amides is 1. The second-order valence-electron chi connectivity index (χ2n) is 7.36. The number of halogens is 1. The molecule has 0 radical (unpaired) electrons. The highest BCUT2D eigenvalue weighted by atomic mass is 35.5. The second-order valence-corrected chi connectivity index (χ2v) is 8.61. The van der Waals surface area contributed by atoms with Crippen LogP contribution in [0.3, 0.4) is 0 Å². The van der Waals surface area contributed by atoms with Crippen LogP contribution < -0.4 is 10.5 Å². The summed E-state index contributed by atoms with van der Waals surface area (Å²) < 4.78 is 1.30. The number of nitrogens with zero attached hydrogens (tertiary/aromatic N) is 4. The lowest BCUT2D eigenvalue weighted by Gasteiger charge is -2.36. The lowest BCUT2D eigenvalue weighted by atomic mass is 10.1. The zero-order valence-electron chi connectivity index (χ0n) is 17.4. The van der Waals surface area contributed by atoms with Crippen molar-refractivity contribution in [2.75, 3.05) is 37.3 Å². The van der Waals surface area contributed by atoms with Gasteiger partial charge in [0.05, 0.1) is 17.6 Å². The minimum absolute atomic E-state index is 0.0387. The number of benzene rings is 2. The Labute approximate surface area is 190 Å². The van der Waals surface area contributed by atoms with Gasteiger partial charge < -0.3 is 9.80 Å². The molecule has 1 aliphatic rings. The standard InChI is InChI=1S/C23H23ClN4O2S/c1-16-8-9-18(31-2)14-19(16)22(29)27-12-10-26(11-13-27)20-15-25-28(23(30)21(20)24)17-6-4-3-5-7-17/h3-9,14-15H,10-13H2,1-2H3. The molecular formula is C23H23ClN4O2S. The van der Waals surface area contributed by atoms with Gasteiger partial charge in [0.2, 0.25) is 0 Å². The summed E-state index contributed by atoms with van der Waals surface area (Å²) in [6, 6.07) is 15.2. The monoisotopic (exact) mass is 454 g/mol. The average Bonchev–Trinajstić information content (AvgIpc) is 2.81. The minimum atomic E-state index is -0.353. The topological polar surface area (TPSA) is 58.4 Å². The van der Waals surface area contributed by atoms with Crippen molar-refractivity contribution in [1.82, 2.24) is 14.7 Å². The number of thioether (sulfide) groups is 1. The van der Waals surface area contributed by atoms with Crippen molar-refractivity contribution in [2.24, 2.45) is 0 Å². The fraction of sp³-hybridized carbons (Fsp3) is 0.261. The van der Waals surface area contributed by atoms with Crippen LogP contribution in [-0.2, 0) is 0 Å². The van der Waals surface area contributed by atoms with E-state index in [1.165, 1.54) is 4.68 Å². The highest BCUT2D eigenvalue weighted by molar-refractivity contribution is 7.98. The molecule has 0 bridgehead atoms. The first-order valence-corrected chi connectivity index (χ1v) is 11.6. The number of rotatable bonds is 4. The fourth-order valence-electron chi connectivity index (χ4n) is 3.68. The summed E-state index contributed by atoms with van der Waals surface area (Å²) in [4.78, 5) is 30.8. The first-order chi connectivity index (χ1) is 15.0. The van der Waals surface area contributed by atoms with Gasteiger partial charge >= 0.3 is 0 Å². The zero-order chi connectivity index (χ0) is 22.0. The van der Waals surface area contributed by atoms with E-state index in [1.54, 1.807) is 18.0 Å². The van der Waals surface area contributed by atoms with E-state index >= 15 is 0 Å². The lowest BCUT2D eigenvalue weighted by Crippen LogP contribution is -2.49. The summed E-state index contributed by atoms with van der Waals surface area (Å²) in [6.07, 6.45) is 3.63. The molecule has 1 aliphatic heterocycles. The van der Waals surface area contributed by atoms with Gasteiger partial charge in [-0.2, -0.15) is 9.78 Å². The molecule has 0 saturated carbocycles. The van der Waals surface area contributed by atoms with Crippen molar-refractivity contribution < 1.29 is 4.79 Å². The Morgan fingerprint density at radius 2 is 1.77 bits per heavy atom. The molecule has 0 atom stereocenters. The van der Waals surface area contributed by atoms with Gasteiger partial charge in [0.25, 0.3) is 11.5 Å². The SMILES string of the molecule is CSc1ccc(C)c(C(=O)N2CCN(c3cnn(-c4ccccc4)c(=O)c3Cl)CC2)c1. The normalized spacial score (nSPS) is 14.0. The molecule has 0 aliphatic carbocycles. The number of hydrogen-bond acceptors (Lipinski definition) is 5. The molecule has 1 saturated heterocycles. The van der Waals surface area contributed by atoms with Gasteiger partial charge in [0, 0.05) is 36.6 Å². The number of para-hydroxylation sites is 1. The van der Waals surface area contributed by atoms with E-state index in [4.69, 9.17) is 11.6 Å². The van der Waals surface area contributed by atoms with Crippen LogP contribution >= 0.6 is 23.4 Å². The maximum absolute atomic E-state index is 13.1. The first kappa shape index (κ1) is 21.5. The van der Waals surface area contributed by atoms with Crippen molar-refractivity contribution >= 4 is 35.0 Å². The molecule has 1 fully saturated rings. The van der Waals surface area contributed by atoms with Crippen LogP contribution in [0.2, 0.25) is 5.02 Å². The van der Waals surface area contributed by atoms with E-state index < -0.39 is 0 Å². The quantitative estimate of drug-likeness (QED) is 0.560. The molecule has 2 heterocycles. The lowest BCUT2D eigenvalue weighted by molar-refractivity contribution is 0.0746. The summed E-state index contributed by atoms with van der Waals surface area (Å²) in [5.74, 6) is 0.0387. The van der Waals surface area contributed by atoms with E-state index in [0.717, 1.165) is 16.0 Å². The average molecular weight is 455 g/mol. The third-order valence-corrected chi connectivity index (χ3v) is 6.56. The van der Waals surface area contributed by atoms with Gasteiger partial charge in [-0.15, -0.1) is 11.8 Å². The minimum Gasteiger partial charge on any atom is -0.365 e. The Balaban J connectivity index is 1.50. The Kier molecular flexibility index (Phi) is 6.34. The van der Waals surface area contributed by atoms with E-state index in [1.807, 2.05) is 71.5 Å². The van der Waals surface area contributed by atoms with E-state index in [0.29, 0.717) is 37.6 Å². The molecule has 0 unspecified atom stereocenters. The van der Waals surface area contributed by atoms with Gasteiger partial charge in [-0.05, 0) is 43.0 Å². The fourth-order valence-corrected chi connectivity index (χ4v) is 4.37. The van der Waals surface area contributed by atoms with Gasteiger partial charge in [0.15, 0.2) is 0 Å². The number of aryl methyl sites for hydroxylation is 1. The van der Waals surface area contributed by atoms with Gasteiger partial charge in [-0.1, -0.05) is 35.9 Å². The maximum atomic E-state index is 13.1. The van der Waals surface area contributed by atoms with E-state index in [9.17, 15) is 9.59 Å². The Morgan fingerprint density at radius 1 is 1.06 bits per heavy atom. The van der Waals surface area contributed by atoms with Crippen molar-refractivity contribution in [3.63, 3.8) is 0 Å². The Hall–Kier alpha value is -2.77. The summed E-state index contributed by atoms with van der Waals surface area (Å²) in [7, 11) is 0. The van der Waals surface area contributed by atoms with Crippen LogP contribution in [0.4, 0.5) is 5.69 Å². The summed E-state index contributed by atoms with van der Waals surface area (Å²) in [6.45, 7) is 4.24. The molecular weight excluding hydrogens is 432 g/mol. The predicted octanol–water partition coefficient (Wildman–Crippen LogP) is 3.88. The number of hydrogen-bond donors (Lipinski definition) is 0. The third kappa shape index (κ3) is 4.34. The highest BCUT2D eigenvalue weighted by Crippen LogP contribution is 2.25. The molecule has 160 valence electrons. The van der Waals surface area contributed by atoms with Crippen LogP contribution in [-0.4, -0.2) is 53.0 Å². The highest BCUT2D eigenvalue weighted by Gasteiger charge is 2.25. The number of anilines is 1. The molecule has 2 aromatic carbocycles. The second kappa shape index (κ2) is 9.16. The smallest absolute Gasteiger partial charge is 0.292 e. The number of aromatic nitrogens is 2. The van der Waals surface area contributed by atoms with Crippen LogP contribution in [0.25, 0.3) is 5.69 Å². The van der Waals surface area contributed by atoms with Crippen LogP contribution in [0.5, 0.6) is 0 Å². The van der Waals surface area contributed by atoms with Crippen molar-refractivity contribution in [3.05, 3.63) is 81.2 Å². The molecule has 31 heavy (non-hydrogen) atoms. The zero-order valence-corrected chi connectivity index (χ0v) is 19.0. The third-order valence-electron chi connectivity index (χ3n) is 5.48.